The first-order chi connectivity index (χ1) is 8.22. The fourth-order valence-corrected chi connectivity index (χ4v) is 2.28. The van der Waals surface area contributed by atoms with E-state index in [1.54, 1.807) is 13.0 Å². The van der Waals surface area contributed by atoms with Gasteiger partial charge in [-0.15, -0.1) is 0 Å². The molecule has 0 spiro atoms. The molecule has 0 aromatic heterocycles. The van der Waals surface area contributed by atoms with E-state index in [0.29, 0.717) is 13.2 Å². The van der Waals surface area contributed by atoms with Gasteiger partial charge >= 0.3 is 5.97 Å². The topological polar surface area (TPSA) is 58.6 Å². The van der Waals surface area contributed by atoms with Crippen LogP contribution in [0.1, 0.15) is 32.6 Å². The quantitative estimate of drug-likeness (QED) is 0.400. The van der Waals surface area contributed by atoms with Gasteiger partial charge in [0.2, 0.25) is 0 Å². The number of aliphatic hydroxyl groups excluding tert-OH is 1. The molecule has 1 aliphatic rings. The Bertz CT molecular complexity index is 257. The van der Waals surface area contributed by atoms with Gasteiger partial charge in [-0.2, -0.15) is 0 Å². The van der Waals surface area contributed by atoms with Gasteiger partial charge in [0.05, 0.1) is 6.61 Å². The highest BCUT2D eigenvalue weighted by Gasteiger charge is 2.32. The number of hydrogen-bond acceptors (Lipinski definition) is 4. The van der Waals surface area contributed by atoms with E-state index < -0.39 is 0 Å². The molecule has 2 N–H and O–H groups in total. The van der Waals surface area contributed by atoms with E-state index in [4.69, 9.17) is 4.74 Å². The second-order valence-electron chi connectivity index (χ2n) is 4.65. The second-order valence-corrected chi connectivity index (χ2v) is 4.65. The lowest BCUT2D eigenvalue weighted by molar-refractivity contribution is -0.137. The van der Waals surface area contributed by atoms with Gasteiger partial charge in [0.15, 0.2) is 0 Å². The van der Waals surface area contributed by atoms with Crippen molar-refractivity contribution in [1.29, 1.82) is 0 Å². The van der Waals surface area contributed by atoms with E-state index in [1.807, 2.05) is 0 Å². The Morgan fingerprint density at radius 2 is 2.18 bits per heavy atom. The molecule has 98 valence electrons. The summed E-state index contributed by atoms with van der Waals surface area (Å²) in [5.74, 6) is -0.299. The summed E-state index contributed by atoms with van der Waals surface area (Å²) in [7, 11) is 0. The zero-order valence-electron chi connectivity index (χ0n) is 10.6. The van der Waals surface area contributed by atoms with Crippen molar-refractivity contribution in [3.63, 3.8) is 0 Å². The Labute approximate surface area is 103 Å². The van der Waals surface area contributed by atoms with Crippen LogP contribution in [-0.2, 0) is 9.53 Å². The monoisotopic (exact) mass is 241 g/mol. The molecule has 1 saturated carbocycles. The molecule has 0 radical (unpaired) electrons. The largest absolute Gasteiger partial charge is 0.463 e. The third kappa shape index (κ3) is 4.88. The first kappa shape index (κ1) is 14.2. The second kappa shape index (κ2) is 7.45. The highest BCUT2D eigenvalue weighted by atomic mass is 16.5. The van der Waals surface area contributed by atoms with Gasteiger partial charge in [-0.1, -0.05) is 18.9 Å². The van der Waals surface area contributed by atoms with Crippen LogP contribution in [0.3, 0.4) is 0 Å². The standard InChI is InChI=1S/C13H23NO3/c1-2-17-12(16)6-5-9-14-10-13(11-15)7-3-4-8-13/h5-6,14-15H,2-4,7-11H2,1H3/b6-5+. The molecule has 0 atom stereocenters. The van der Waals surface area contributed by atoms with Crippen molar-refractivity contribution in [1.82, 2.24) is 5.32 Å². The van der Waals surface area contributed by atoms with E-state index in [9.17, 15) is 9.90 Å². The van der Waals surface area contributed by atoms with Gasteiger partial charge in [-0.05, 0) is 19.8 Å². The summed E-state index contributed by atoms with van der Waals surface area (Å²) in [6.07, 6.45) is 7.81. The molecule has 0 aromatic rings. The van der Waals surface area contributed by atoms with Crippen LogP contribution in [0.4, 0.5) is 0 Å². The molecular formula is C13H23NO3. The summed E-state index contributed by atoms with van der Waals surface area (Å²) in [6, 6.07) is 0. The smallest absolute Gasteiger partial charge is 0.330 e. The normalized spacial score (nSPS) is 18.7. The van der Waals surface area contributed by atoms with Crippen molar-refractivity contribution >= 4 is 5.97 Å². The summed E-state index contributed by atoms with van der Waals surface area (Å²) in [4.78, 5) is 11.0. The lowest BCUT2D eigenvalue weighted by atomic mass is 9.87. The van der Waals surface area contributed by atoms with Crippen molar-refractivity contribution in [2.75, 3.05) is 26.3 Å². The molecule has 0 bridgehead atoms. The molecule has 0 saturated heterocycles. The van der Waals surface area contributed by atoms with Crippen LogP contribution >= 0.6 is 0 Å². The minimum Gasteiger partial charge on any atom is -0.463 e. The number of carbonyl (C=O) groups is 1. The highest BCUT2D eigenvalue weighted by Crippen LogP contribution is 2.36. The van der Waals surface area contributed by atoms with Gasteiger partial charge in [0.25, 0.3) is 0 Å². The number of nitrogens with one attached hydrogen (secondary N) is 1. The SMILES string of the molecule is CCOC(=O)/C=C/CNCC1(CO)CCCC1. The summed E-state index contributed by atoms with van der Waals surface area (Å²) in [5.41, 5.74) is 0.0672. The fourth-order valence-electron chi connectivity index (χ4n) is 2.28. The van der Waals surface area contributed by atoms with Crippen molar-refractivity contribution in [2.45, 2.75) is 32.6 Å². The molecule has 1 rings (SSSR count). The predicted molar refractivity (Wildman–Crippen MR) is 66.6 cm³/mol. The van der Waals surface area contributed by atoms with E-state index >= 15 is 0 Å². The Kier molecular flexibility index (Phi) is 6.22. The summed E-state index contributed by atoms with van der Waals surface area (Å²) >= 11 is 0. The number of carbonyl (C=O) groups excluding carboxylic acids is 1. The van der Waals surface area contributed by atoms with Crippen LogP contribution in [0.2, 0.25) is 0 Å². The predicted octanol–water partition coefficient (Wildman–Crippen LogP) is 1.25. The summed E-state index contributed by atoms with van der Waals surface area (Å²) in [6.45, 7) is 3.90. The van der Waals surface area contributed by atoms with Crippen molar-refractivity contribution in [3.05, 3.63) is 12.2 Å². The number of ether oxygens (including phenoxy) is 1. The first-order valence-corrected chi connectivity index (χ1v) is 6.37. The van der Waals surface area contributed by atoms with E-state index in [0.717, 1.165) is 19.4 Å². The maximum absolute atomic E-state index is 11.0. The van der Waals surface area contributed by atoms with Gasteiger partial charge < -0.3 is 15.2 Å². The van der Waals surface area contributed by atoms with Gasteiger partial charge in [0.1, 0.15) is 0 Å². The average molecular weight is 241 g/mol. The highest BCUT2D eigenvalue weighted by molar-refractivity contribution is 5.81. The van der Waals surface area contributed by atoms with Crippen LogP contribution in [0, 0.1) is 5.41 Å². The first-order valence-electron chi connectivity index (χ1n) is 6.37. The number of hydrogen-bond donors (Lipinski definition) is 2. The Morgan fingerprint density at radius 3 is 2.76 bits per heavy atom. The molecular weight excluding hydrogens is 218 g/mol. The van der Waals surface area contributed by atoms with Crippen molar-refractivity contribution in [3.8, 4) is 0 Å². The molecule has 0 unspecified atom stereocenters. The molecule has 17 heavy (non-hydrogen) atoms. The number of esters is 1. The molecule has 0 aliphatic heterocycles. The van der Waals surface area contributed by atoms with E-state index in [-0.39, 0.29) is 18.0 Å². The van der Waals surface area contributed by atoms with Crippen LogP contribution in [0.15, 0.2) is 12.2 Å². The lowest BCUT2D eigenvalue weighted by Gasteiger charge is -2.26. The maximum atomic E-state index is 11.0. The number of rotatable bonds is 7. The number of aliphatic hydroxyl groups is 1. The molecule has 0 aromatic carbocycles. The van der Waals surface area contributed by atoms with Crippen molar-refractivity contribution < 1.29 is 14.6 Å². The van der Waals surface area contributed by atoms with Gasteiger partial charge in [0, 0.05) is 31.2 Å². The molecule has 4 heteroatoms. The Balaban J connectivity index is 2.16. The van der Waals surface area contributed by atoms with Crippen LogP contribution < -0.4 is 5.32 Å². The third-order valence-electron chi connectivity index (χ3n) is 3.30. The Morgan fingerprint density at radius 1 is 1.47 bits per heavy atom. The molecule has 1 aliphatic carbocycles. The third-order valence-corrected chi connectivity index (χ3v) is 3.30. The van der Waals surface area contributed by atoms with Crippen LogP contribution in [0.25, 0.3) is 0 Å². The van der Waals surface area contributed by atoms with Crippen LogP contribution in [-0.4, -0.2) is 37.4 Å². The molecule has 1 fully saturated rings. The average Bonchev–Trinajstić information content (AvgIpc) is 2.78. The zero-order chi connectivity index (χ0) is 12.6. The zero-order valence-corrected chi connectivity index (χ0v) is 10.6. The molecule has 0 heterocycles. The minimum absolute atomic E-state index is 0.0672. The molecule has 0 amide bonds. The van der Waals surface area contributed by atoms with E-state index in [2.05, 4.69) is 5.32 Å². The Hall–Kier alpha value is -0.870. The summed E-state index contributed by atoms with van der Waals surface area (Å²) < 4.78 is 4.77. The lowest BCUT2D eigenvalue weighted by Crippen LogP contribution is -2.35. The van der Waals surface area contributed by atoms with Gasteiger partial charge in [-0.3, -0.25) is 0 Å². The fraction of sp³-hybridized carbons (Fsp3) is 0.769. The van der Waals surface area contributed by atoms with Crippen LogP contribution in [0.5, 0.6) is 0 Å². The molecule has 4 nitrogen and oxygen atoms in total. The minimum atomic E-state index is -0.299. The van der Waals surface area contributed by atoms with Crippen molar-refractivity contribution in [2.24, 2.45) is 5.41 Å². The maximum Gasteiger partial charge on any atom is 0.330 e. The van der Waals surface area contributed by atoms with E-state index in [1.165, 1.54) is 18.9 Å². The van der Waals surface area contributed by atoms with Gasteiger partial charge in [-0.25, -0.2) is 4.79 Å². The summed E-state index contributed by atoms with van der Waals surface area (Å²) in [5, 5.41) is 12.7.